The molecule has 0 saturated carbocycles. The molecule has 1 heterocycles. The number of nitrogens with zero attached hydrogens (tertiary/aromatic N) is 3. The van der Waals surface area contributed by atoms with Crippen molar-refractivity contribution in [3.05, 3.63) is 29.3 Å². The summed E-state index contributed by atoms with van der Waals surface area (Å²) in [5.74, 6) is 5.52. The summed E-state index contributed by atoms with van der Waals surface area (Å²) in [4.78, 5) is 13.1. The van der Waals surface area contributed by atoms with Gasteiger partial charge in [0.1, 0.15) is 0 Å². The summed E-state index contributed by atoms with van der Waals surface area (Å²) >= 11 is 7.17. The van der Waals surface area contributed by atoms with Crippen molar-refractivity contribution < 1.29 is 4.74 Å². The molecule has 0 spiro atoms. The Morgan fingerprint density at radius 2 is 1.94 bits per heavy atom. The number of anilines is 1. The van der Waals surface area contributed by atoms with E-state index >= 15 is 0 Å². The first-order chi connectivity index (χ1) is 8.71. The first kappa shape index (κ1) is 12.9. The topological polar surface area (TPSA) is 86.0 Å². The van der Waals surface area contributed by atoms with Crippen molar-refractivity contribution in [2.75, 3.05) is 12.5 Å². The van der Waals surface area contributed by atoms with Gasteiger partial charge in [0, 0.05) is 9.92 Å². The molecule has 2 rings (SSSR count). The van der Waals surface area contributed by atoms with Crippen molar-refractivity contribution in [3.63, 3.8) is 0 Å². The third kappa shape index (κ3) is 3.22. The zero-order valence-corrected chi connectivity index (χ0v) is 11.0. The number of hydrogen-bond donors (Lipinski definition) is 2. The largest absolute Gasteiger partial charge is 0.467 e. The molecule has 1 aromatic carbocycles. The van der Waals surface area contributed by atoms with Gasteiger partial charge in [-0.15, -0.1) is 0 Å². The van der Waals surface area contributed by atoms with Crippen LogP contribution in [-0.4, -0.2) is 22.1 Å². The van der Waals surface area contributed by atoms with Crippen molar-refractivity contribution in [2.24, 2.45) is 5.84 Å². The Kier molecular flexibility index (Phi) is 4.19. The fraction of sp³-hybridized carbons (Fsp3) is 0.100. The fourth-order valence-electron chi connectivity index (χ4n) is 1.15. The Morgan fingerprint density at radius 1 is 1.22 bits per heavy atom. The van der Waals surface area contributed by atoms with Gasteiger partial charge in [-0.3, -0.25) is 5.43 Å². The first-order valence-corrected chi connectivity index (χ1v) is 6.11. The molecule has 0 fully saturated rings. The standard InChI is InChI=1S/C10H10ClN5OS/c1-17-9-13-8(16-12)14-10(15-9)18-7-4-2-6(11)3-5-7/h2-5H,12H2,1H3,(H,13,14,15,16). The summed E-state index contributed by atoms with van der Waals surface area (Å²) in [6.07, 6.45) is 0. The minimum atomic E-state index is 0.203. The number of methoxy groups -OCH3 is 1. The highest BCUT2D eigenvalue weighted by atomic mass is 35.5. The van der Waals surface area contributed by atoms with Gasteiger partial charge in [-0.25, -0.2) is 5.84 Å². The lowest BCUT2D eigenvalue weighted by Crippen LogP contribution is -2.12. The predicted molar refractivity (Wildman–Crippen MR) is 69.8 cm³/mol. The third-order valence-corrected chi connectivity index (χ3v) is 3.05. The maximum Gasteiger partial charge on any atom is 0.322 e. The van der Waals surface area contributed by atoms with Crippen LogP contribution in [0.5, 0.6) is 6.01 Å². The van der Waals surface area contributed by atoms with E-state index in [4.69, 9.17) is 22.2 Å². The third-order valence-electron chi connectivity index (χ3n) is 1.93. The molecule has 0 unspecified atom stereocenters. The molecule has 8 heteroatoms. The van der Waals surface area contributed by atoms with E-state index in [0.29, 0.717) is 10.2 Å². The summed E-state index contributed by atoms with van der Waals surface area (Å²) in [6.45, 7) is 0. The van der Waals surface area contributed by atoms with Crippen molar-refractivity contribution >= 4 is 29.3 Å². The van der Waals surface area contributed by atoms with Crippen LogP contribution in [0.25, 0.3) is 0 Å². The van der Waals surface area contributed by atoms with Gasteiger partial charge >= 0.3 is 6.01 Å². The average Bonchev–Trinajstić information content (AvgIpc) is 2.41. The lowest BCUT2D eigenvalue weighted by Gasteiger charge is -2.05. The smallest absolute Gasteiger partial charge is 0.322 e. The fourth-order valence-corrected chi connectivity index (χ4v) is 2.01. The Bertz CT molecular complexity index is 514. The van der Waals surface area contributed by atoms with Gasteiger partial charge in [-0.2, -0.15) is 15.0 Å². The van der Waals surface area contributed by atoms with Gasteiger partial charge in [0.15, 0.2) is 0 Å². The molecule has 0 amide bonds. The van der Waals surface area contributed by atoms with E-state index in [0.717, 1.165) is 4.90 Å². The second-order valence-corrected chi connectivity index (χ2v) is 4.61. The Labute approximate surface area is 113 Å². The highest BCUT2D eigenvalue weighted by molar-refractivity contribution is 7.99. The SMILES string of the molecule is COc1nc(NN)nc(Sc2ccc(Cl)cc2)n1. The number of nitrogens with one attached hydrogen (secondary N) is 1. The zero-order chi connectivity index (χ0) is 13.0. The molecule has 1 aromatic heterocycles. The Balaban J connectivity index is 2.25. The number of hydrazine groups is 1. The highest BCUT2D eigenvalue weighted by Crippen LogP contribution is 2.27. The average molecular weight is 284 g/mol. The van der Waals surface area contributed by atoms with Crippen molar-refractivity contribution in [1.29, 1.82) is 0 Å². The molecule has 3 N–H and O–H groups in total. The molecule has 94 valence electrons. The quantitative estimate of drug-likeness (QED) is 0.655. The number of nitrogen functional groups attached to an aromatic ring is 1. The number of aromatic nitrogens is 3. The zero-order valence-electron chi connectivity index (χ0n) is 9.42. The lowest BCUT2D eigenvalue weighted by atomic mass is 10.4. The highest BCUT2D eigenvalue weighted by Gasteiger charge is 2.07. The van der Waals surface area contributed by atoms with Gasteiger partial charge in [0.2, 0.25) is 11.1 Å². The van der Waals surface area contributed by atoms with Crippen LogP contribution >= 0.6 is 23.4 Å². The summed E-state index contributed by atoms with van der Waals surface area (Å²) in [5.41, 5.74) is 2.36. The molecule has 2 aromatic rings. The Morgan fingerprint density at radius 3 is 2.56 bits per heavy atom. The number of benzene rings is 1. The van der Waals surface area contributed by atoms with Gasteiger partial charge in [-0.1, -0.05) is 11.6 Å². The van der Waals surface area contributed by atoms with Gasteiger partial charge in [0.05, 0.1) is 7.11 Å². The van der Waals surface area contributed by atoms with Crippen LogP contribution in [0.3, 0.4) is 0 Å². The number of hydrogen-bond acceptors (Lipinski definition) is 7. The molecule has 18 heavy (non-hydrogen) atoms. The molecule has 0 radical (unpaired) electrons. The number of nitrogens with two attached hydrogens (primary N) is 1. The second-order valence-electron chi connectivity index (χ2n) is 3.13. The molecular weight excluding hydrogens is 274 g/mol. The van der Waals surface area contributed by atoms with Gasteiger partial charge in [0.25, 0.3) is 0 Å². The van der Waals surface area contributed by atoms with E-state index in [1.165, 1.54) is 18.9 Å². The molecule has 0 aliphatic rings. The molecule has 0 aliphatic heterocycles. The van der Waals surface area contributed by atoms with Gasteiger partial charge in [-0.05, 0) is 36.0 Å². The molecule has 0 aliphatic carbocycles. The van der Waals surface area contributed by atoms with Crippen LogP contribution in [0.4, 0.5) is 5.95 Å². The van der Waals surface area contributed by atoms with Crippen molar-refractivity contribution in [1.82, 2.24) is 15.0 Å². The minimum absolute atomic E-state index is 0.203. The predicted octanol–water partition coefficient (Wildman–Crippen LogP) is 1.97. The summed E-state index contributed by atoms with van der Waals surface area (Å²) < 4.78 is 4.96. The van der Waals surface area contributed by atoms with Crippen molar-refractivity contribution in [3.8, 4) is 6.01 Å². The number of rotatable bonds is 4. The summed E-state index contributed by atoms with van der Waals surface area (Å²) in [6, 6.07) is 7.54. The summed E-state index contributed by atoms with van der Waals surface area (Å²) in [5, 5.41) is 1.16. The van der Waals surface area contributed by atoms with E-state index in [1.54, 1.807) is 12.1 Å². The van der Waals surface area contributed by atoms with Crippen LogP contribution in [0, 0.1) is 0 Å². The monoisotopic (exact) mass is 283 g/mol. The minimum Gasteiger partial charge on any atom is -0.467 e. The molecule has 0 bridgehead atoms. The second kappa shape index (κ2) is 5.85. The first-order valence-electron chi connectivity index (χ1n) is 4.91. The van der Waals surface area contributed by atoms with E-state index < -0.39 is 0 Å². The Hall–Kier alpha value is -1.57. The molecule has 0 saturated heterocycles. The van der Waals surface area contributed by atoms with E-state index in [-0.39, 0.29) is 12.0 Å². The maximum atomic E-state index is 5.81. The lowest BCUT2D eigenvalue weighted by molar-refractivity contribution is 0.373. The van der Waals surface area contributed by atoms with E-state index in [1.807, 2.05) is 12.1 Å². The van der Waals surface area contributed by atoms with Crippen molar-refractivity contribution in [2.45, 2.75) is 10.1 Å². The van der Waals surface area contributed by atoms with Crippen LogP contribution < -0.4 is 16.0 Å². The normalized spacial score (nSPS) is 10.2. The van der Waals surface area contributed by atoms with Crippen LogP contribution in [-0.2, 0) is 0 Å². The molecular formula is C10H10ClN5OS. The molecule has 0 atom stereocenters. The van der Waals surface area contributed by atoms with Crippen LogP contribution in [0.2, 0.25) is 5.02 Å². The van der Waals surface area contributed by atoms with E-state index in [9.17, 15) is 0 Å². The molecule has 6 nitrogen and oxygen atoms in total. The van der Waals surface area contributed by atoms with Gasteiger partial charge < -0.3 is 4.74 Å². The summed E-state index contributed by atoms with van der Waals surface area (Å²) in [7, 11) is 1.48. The number of ether oxygens (including phenoxy) is 1. The number of halogens is 1. The van der Waals surface area contributed by atoms with Crippen LogP contribution in [0.1, 0.15) is 0 Å². The van der Waals surface area contributed by atoms with E-state index in [2.05, 4.69) is 20.4 Å². The maximum absolute atomic E-state index is 5.81. The van der Waals surface area contributed by atoms with Crippen LogP contribution in [0.15, 0.2) is 34.3 Å².